The van der Waals surface area contributed by atoms with Crippen LogP contribution in [0.25, 0.3) is 0 Å². The molecule has 0 saturated carbocycles. The maximum Gasteiger partial charge on any atom is 0.267 e. The van der Waals surface area contributed by atoms with Crippen molar-refractivity contribution in [2.24, 2.45) is 0 Å². The van der Waals surface area contributed by atoms with Crippen LogP contribution in [0.3, 0.4) is 0 Å². The molecule has 0 fully saturated rings. The van der Waals surface area contributed by atoms with Gasteiger partial charge in [-0.25, -0.2) is 12.4 Å². The Morgan fingerprint density at radius 3 is 2.16 bits per heavy atom. The van der Waals surface area contributed by atoms with E-state index in [1.54, 1.807) is 36.5 Å². The minimum absolute atomic E-state index is 0.317. The van der Waals surface area contributed by atoms with E-state index < -0.39 is 18.1 Å². The Morgan fingerprint density at radius 1 is 1.05 bits per heavy atom. The molecule has 1 heterocycles. The normalized spacial score (nSPS) is 12.6. The summed E-state index contributed by atoms with van der Waals surface area (Å²) in [7, 11) is -5.29. The molecule has 0 radical (unpaired) electrons. The molecule has 6 heteroatoms. The molecule has 0 N–H and O–H groups in total. The molecular formula is C13H16BrNO2SSi. The predicted octanol–water partition coefficient (Wildman–Crippen LogP) is 3.03. The molecule has 0 aliphatic carbocycles. The summed E-state index contributed by atoms with van der Waals surface area (Å²) in [6.45, 7) is 6.39. The van der Waals surface area contributed by atoms with Gasteiger partial charge < -0.3 is 0 Å². The Balaban J connectivity index is 2.68. The number of hydrogen-bond acceptors (Lipinski definition) is 2. The zero-order valence-corrected chi connectivity index (χ0v) is 14.5. The summed E-state index contributed by atoms with van der Waals surface area (Å²) in [5.41, 5.74) is 0. The monoisotopic (exact) mass is 357 g/mol. The van der Waals surface area contributed by atoms with Crippen molar-refractivity contribution in [1.29, 1.82) is 0 Å². The second-order valence-corrected chi connectivity index (χ2v) is 13.0. The first-order valence-electron chi connectivity index (χ1n) is 5.92. The van der Waals surface area contributed by atoms with E-state index in [0.29, 0.717) is 4.90 Å². The summed E-state index contributed by atoms with van der Waals surface area (Å²) >= 11 is 3.47. The lowest BCUT2D eigenvalue weighted by atomic mass is 10.4. The highest BCUT2D eigenvalue weighted by Crippen LogP contribution is 2.19. The van der Waals surface area contributed by atoms with Gasteiger partial charge in [0.2, 0.25) is 0 Å². The Labute approximate surface area is 123 Å². The van der Waals surface area contributed by atoms with Gasteiger partial charge in [-0.3, -0.25) is 0 Å². The van der Waals surface area contributed by atoms with Crippen molar-refractivity contribution in [1.82, 2.24) is 3.97 Å². The number of halogens is 1. The number of nitrogens with zero attached hydrogens (tertiary/aromatic N) is 1. The summed E-state index contributed by atoms with van der Waals surface area (Å²) in [4.78, 5) is 0.317. The molecule has 0 aliphatic heterocycles. The minimum Gasteiger partial charge on any atom is -0.249 e. The second kappa shape index (κ2) is 4.92. The molecule has 19 heavy (non-hydrogen) atoms. The van der Waals surface area contributed by atoms with E-state index in [2.05, 4.69) is 35.6 Å². The van der Waals surface area contributed by atoms with Gasteiger partial charge in [0.05, 0.1) is 4.90 Å². The van der Waals surface area contributed by atoms with Gasteiger partial charge in [0.15, 0.2) is 0 Å². The Kier molecular flexibility index (Phi) is 3.77. The second-order valence-electron chi connectivity index (χ2n) is 5.38. The molecule has 1 aromatic heterocycles. The number of benzene rings is 1. The highest BCUT2D eigenvalue weighted by Gasteiger charge is 2.29. The van der Waals surface area contributed by atoms with Crippen LogP contribution in [-0.2, 0) is 10.0 Å². The maximum absolute atomic E-state index is 12.7. The molecular weight excluding hydrogens is 342 g/mol. The van der Waals surface area contributed by atoms with Crippen LogP contribution in [-0.4, -0.2) is 20.5 Å². The summed E-state index contributed by atoms with van der Waals surface area (Å²) in [6.07, 6.45) is 1.62. The molecule has 2 rings (SSSR count). The summed E-state index contributed by atoms with van der Waals surface area (Å²) in [5, 5.41) is 0.886. The molecule has 2 aromatic rings. The SMILES string of the molecule is C[Si](C)(C)c1c(Br)ccn1S(=O)(=O)c1ccccc1. The predicted molar refractivity (Wildman–Crippen MR) is 84.1 cm³/mol. The smallest absolute Gasteiger partial charge is 0.249 e. The Bertz CT molecular complexity index is 687. The van der Waals surface area contributed by atoms with Crippen LogP contribution >= 0.6 is 15.9 Å². The van der Waals surface area contributed by atoms with E-state index >= 15 is 0 Å². The fraction of sp³-hybridized carbons (Fsp3) is 0.231. The van der Waals surface area contributed by atoms with E-state index in [1.165, 1.54) is 3.97 Å². The molecule has 0 spiro atoms. The largest absolute Gasteiger partial charge is 0.267 e. The first-order chi connectivity index (χ1) is 8.74. The fourth-order valence-electron chi connectivity index (χ4n) is 1.99. The van der Waals surface area contributed by atoms with Crippen LogP contribution in [0.1, 0.15) is 0 Å². The van der Waals surface area contributed by atoms with E-state index in [9.17, 15) is 8.42 Å². The molecule has 102 valence electrons. The lowest BCUT2D eigenvalue weighted by Crippen LogP contribution is -2.45. The highest BCUT2D eigenvalue weighted by molar-refractivity contribution is 9.10. The summed E-state index contributed by atoms with van der Waals surface area (Å²) < 4.78 is 27.6. The quantitative estimate of drug-likeness (QED) is 0.792. The van der Waals surface area contributed by atoms with Crippen molar-refractivity contribution in [3.63, 3.8) is 0 Å². The van der Waals surface area contributed by atoms with E-state index in [4.69, 9.17) is 0 Å². The van der Waals surface area contributed by atoms with Gasteiger partial charge in [0.1, 0.15) is 8.07 Å². The highest BCUT2D eigenvalue weighted by atomic mass is 79.9. The fourth-order valence-corrected chi connectivity index (χ4v) is 8.20. The summed E-state index contributed by atoms with van der Waals surface area (Å²) in [5.74, 6) is 0. The van der Waals surface area contributed by atoms with Crippen molar-refractivity contribution in [3.8, 4) is 0 Å². The van der Waals surface area contributed by atoms with Gasteiger partial charge in [-0.2, -0.15) is 0 Å². The lowest BCUT2D eigenvalue weighted by Gasteiger charge is -2.20. The number of aromatic nitrogens is 1. The zero-order chi connectivity index (χ0) is 14.3. The van der Waals surface area contributed by atoms with Gasteiger partial charge in [0.25, 0.3) is 10.0 Å². The molecule has 0 unspecified atom stereocenters. The van der Waals surface area contributed by atoms with Gasteiger partial charge in [-0.05, 0) is 34.1 Å². The third kappa shape index (κ3) is 2.70. The number of rotatable bonds is 3. The van der Waals surface area contributed by atoms with Gasteiger partial charge in [-0.15, -0.1) is 0 Å². The first kappa shape index (κ1) is 14.6. The van der Waals surface area contributed by atoms with Crippen molar-refractivity contribution >= 4 is 39.3 Å². The minimum atomic E-state index is -3.51. The molecule has 0 bridgehead atoms. The molecule has 0 atom stereocenters. The van der Waals surface area contributed by atoms with Gasteiger partial charge >= 0.3 is 0 Å². The van der Waals surface area contributed by atoms with Gasteiger partial charge in [0, 0.05) is 16.0 Å². The standard InChI is InChI=1S/C13H16BrNO2SSi/c1-19(2,3)13-12(14)9-10-15(13)18(16,17)11-7-5-4-6-8-11/h4-10H,1-3H3. The first-order valence-corrected chi connectivity index (χ1v) is 11.7. The van der Waals surface area contributed by atoms with Crippen LogP contribution < -0.4 is 5.32 Å². The van der Waals surface area contributed by atoms with Crippen molar-refractivity contribution in [3.05, 3.63) is 47.1 Å². The average Bonchev–Trinajstić information content (AvgIpc) is 2.73. The van der Waals surface area contributed by atoms with Crippen LogP contribution in [0.15, 0.2) is 52.0 Å². The number of hydrogen-bond donors (Lipinski definition) is 0. The van der Waals surface area contributed by atoms with E-state index in [0.717, 1.165) is 9.79 Å². The molecule has 1 aromatic carbocycles. The summed E-state index contributed by atoms with van der Waals surface area (Å²) in [6, 6.07) is 10.3. The maximum atomic E-state index is 12.7. The topological polar surface area (TPSA) is 39.1 Å². The Hall–Kier alpha value is -0.853. The van der Waals surface area contributed by atoms with Crippen LogP contribution in [0.4, 0.5) is 0 Å². The Morgan fingerprint density at radius 2 is 1.63 bits per heavy atom. The molecule has 0 amide bonds. The molecule has 0 aliphatic rings. The van der Waals surface area contributed by atoms with Crippen molar-refractivity contribution in [2.75, 3.05) is 0 Å². The third-order valence-corrected chi connectivity index (χ3v) is 7.60. The zero-order valence-electron chi connectivity index (χ0n) is 11.1. The van der Waals surface area contributed by atoms with Crippen LogP contribution in [0.5, 0.6) is 0 Å². The van der Waals surface area contributed by atoms with Gasteiger partial charge in [-0.1, -0.05) is 37.8 Å². The van der Waals surface area contributed by atoms with Crippen LogP contribution in [0, 0.1) is 0 Å². The lowest BCUT2D eigenvalue weighted by molar-refractivity contribution is 0.588. The molecule has 0 saturated heterocycles. The third-order valence-electron chi connectivity index (χ3n) is 2.81. The van der Waals surface area contributed by atoms with Crippen LogP contribution in [0.2, 0.25) is 19.6 Å². The van der Waals surface area contributed by atoms with E-state index in [-0.39, 0.29) is 0 Å². The van der Waals surface area contributed by atoms with Crippen molar-refractivity contribution in [2.45, 2.75) is 24.5 Å². The molecule has 3 nitrogen and oxygen atoms in total. The van der Waals surface area contributed by atoms with Crippen molar-refractivity contribution < 1.29 is 8.42 Å². The van der Waals surface area contributed by atoms with E-state index in [1.807, 2.05) is 6.07 Å². The average molecular weight is 358 g/mol.